The van der Waals surface area contributed by atoms with Crippen LogP contribution in [0.15, 0.2) is 64.7 Å². The maximum Gasteiger partial charge on any atom is 0.187 e. The molecule has 0 radical (unpaired) electrons. The molecule has 1 aromatic carbocycles. The highest BCUT2D eigenvalue weighted by atomic mass is 32.4. The Morgan fingerprint density at radius 1 is 1.24 bits per heavy atom. The lowest BCUT2D eigenvalue weighted by Crippen LogP contribution is -3.08. The molecular weight excluding hydrogens is 417 g/mol. The molecule has 1 aromatic heterocycles. The van der Waals surface area contributed by atoms with Crippen LogP contribution in [0.3, 0.4) is 0 Å². The van der Waals surface area contributed by atoms with Crippen LogP contribution in [0, 0.1) is 5.41 Å². The van der Waals surface area contributed by atoms with Crippen molar-refractivity contribution in [3.05, 3.63) is 64.7 Å². The minimum absolute atomic E-state index is 0.116. The molecule has 152 valence electrons. The van der Waals surface area contributed by atoms with Crippen LogP contribution in [0.25, 0.3) is 0 Å². The van der Waals surface area contributed by atoms with Gasteiger partial charge in [0.2, 0.25) is 0 Å². The molecule has 2 aromatic rings. The van der Waals surface area contributed by atoms with Crippen LogP contribution in [0.2, 0.25) is 0 Å². The van der Waals surface area contributed by atoms with Crippen molar-refractivity contribution in [1.29, 1.82) is 0 Å². The number of benzene rings is 1. The molecule has 0 spiro atoms. The Morgan fingerprint density at radius 2 is 2.00 bits per heavy atom. The Bertz CT molecular complexity index is 1010. The first kappa shape index (κ1) is 19.3. The smallest absolute Gasteiger partial charge is 0.187 e. The third-order valence-corrected chi connectivity index (χ3v) is 10.5. The summed E-state index contributed by atoms with van der Waals surface area (Å²) < 4.78 is 2.21. The highest BCUT2D eigenvalue weighted by molar-refractivity contribution is 8.18. The van der Waals surface area contributed by atoms with Crippen LogP contribution in [0.1, 0.15) is 33.1 Å². The zero-order valence-corrected chi connectivity index (χ0v) is 19.3. The molecule has 1 atom stereocenters. The van der Waals surface area contributed by atoms with Crippen LogP contribution in [0.5, 0.6) is 0 Å². The van der Waals surface area contributed by atoms with Gasteiger partial charge in [0.1, 0.15) is 11.0 Å². The molecule has 0 saturated carbocycles. The van der Waals surface area contributed by atoms with Crippen LogP contribution in [-0.4, -0.2) is 18.1 Å². The number of aromatic nitrogens is 1. The highest BCUT2D eigenvalue weighted by Gasteiger charge is 2.49. The lowest BCUT2D eigenvalue weighted by Gasteiger charge is -2.33. The van der Waals surface area contributed by atoms with Gasteiger partial charge in [0.25, 0.3) is 0 Å². The molecule has 8 heteroatoms. The van der Waals surface area contributed by atoms with Crippen molar-refractivity contribution < 1.29 is 4.90 Å². The number of rotatable bonds is 4. The number of fused-ring (bicyclic) bond motifs is 1. The summed E-state index contributed by atoms with van der Waals surface area (Å²) in [5.74, 6) is 0. The van der Waals surface area contributed by atoms with Gasteiger partial charge in [-0.3, -0.25) is 5.43 Å². The number of likely N-dealkylation sites (tertiary alicyclic amines) is 1. The van der Waals surface area contributed by atoms with Crippen molar-refractivity contribution in [2.24, 2.45) is 5.41 Å². The summed E-state index contributed by atoms with van der Waals surface area (Å²) in [7, 11) is 0. The molecule has 5 nitrogen and oxygen atoms in total. The van der Waals surface area contributed by atoms with Crippen molar-refractivity contribution in [3.63, 3.8) is 0 Å². The van der Waals surface area contributed by atoms with Gasteiger partial charge in [-0.25, -0.2) is 9.76 Å². The molecule has 5 rings (SSSR count). The number of hydrogen-bond acceptors (Lipinski definition) is 4. The second kappa shape index (κ2) is 7.24. The van der Waals surface area contributed by atoms with Crippen molar-refractivity contribution in [2.45, 2.75) is 33.1 Å². The molecular formula is C21H27N5PS2+. The summed E-state index contributed by atoms with van der Waals surface area (Å²) in [6, 6.07) is 10.4. The van der Waals surface area contributed by atoms with Gasteiger partial charge in [-0.2, -0.15) is 0 Å². The fourth-order valence-corrected chi connectivity index (χ4v) is 9.56. The predicted molar refractivity (Wildman–Crippen MR) is 126 cm³/mol. The number of hydrogen-bond donors (Lipinski definition) is 3. The second-order valence-corrected chi connectivity index (χ2v) is 13.3. The third kappa shape index (κ3) is 3.44. The zero-order chi connectivity index (χ0) is 20.1. The summed E-state index contributed by atoms with van der Waals surface area (Å²) in [5, 5.41) is 7.93. The van der Waals surface area contributed by atoms with Crippen molar-refractivity contribution in [3.8, 4) is 0 Å². The van der Waals surface area contributed by atoms with Crippen molar-refractivity contribution >= 4 is 40.3 Å². The minimum Gasteiger partial charge on any atom is -0.313 e. The Morgan fingerprint density at radius 3 is 2.69 bits per heavy atom. The van der Waals surface area contributed by atoms with Gasteiger partial charge in [0.15, 0.2) is 11.5 Å². The number of para-hydroxylation sites is 1. The maximum atomic E-state index is 6.52. The highest BCUT2D eigenvalue weighted by Crippen LogP contribution is 2.66. The monoisotopic (exact) mass is 444 g/mol. The van der Waals surface area contributed by atoms with Gasteiger partial charge in [0.05, 0.1) is 24.5 Å². The minimum atomic E-state index is -2.34. The molecule has 3 N–H and O–H groups in total. The third-order valence-electron chi connectivity index (χ3n) is 5.83. The normalized spacial score (nSPS) is 26.3. The largest absolute Gasteiger partial charge is 0.313 e. The van der Waals surface area contributed by atoms with E-state index in [-0.39, 0.29) is 5.41 Å². The second-order valence-electron chi connectivity index (χ2n) is 8.65. The first-order valence-electron chi connectivity index (χ1n) is 10.2. The standard InChI is InChI=1S/C21H26N5PS2/c1-21(2)14-17-19(18(15-21)25-11-6-7-12-25)27(28,24-20-22-10-13-29-20)26(23-17)16-8-4-3-5-9-16/h3-5,8-10,13-14,23H,6-7,11-12,15H2,1-2H3,(H,22,24,28)/p+1/t27-/m0/s1. The first-order valence-corrected chi connectivity index (χ1v) is 13.8. The van der Waals surface area contributed by atoms with Gasteiger partial charge in [-0.05, 0) is 29.4 Å². The van der Waals surface area contributed by atoms with E-state index in [0.29, 0.717) is 0 Å². The summed E-state index contributed by atoms with van der Waals surface area (Å²) in [4.78, 5) is 6.12. The Balaban J connectivity index is 1.69. The zero-order valence-electron chi connectivity index (χ0n) is 16.8. The summed E-state index contributed by atoms with van der Waals surface area (Å²) in [6.07, 6.45) is 5.53. The number of quaternary nitrogens is 1. The van der Waals surface area contributed by atoms with E-state index in [1.54, 1.807) is 16.2 Å². The van der Waals surface area contributed by atoms with Crippen molar-refractivity contribution in [2.75, 3.05) is 23.0 Å². The van der Waals surface area contributed by atoms with E-state index in [4.69, 9.17) is 11.8 Å². The average Bonchev–Trinajstić information content (AvgIpc) is 3.43. The van der Waals surface area contributed by atoms with Crippen LogP contribution in [-0.2, 0) is 11.8 Å². The Kier molecular flexibility index (Phi) is 4.82. The molecule has 0 unspecified atom stereocenters. The molecule has 2 saturated heterocycles. The van der Waals surface area contributed by atoms with Gasteiger partial charge >= 0.3 is 0 Å². The van der Waals surface area contributed by atoms with E-state index >= 15 is 0 Å². The lowest BCUT2D eigenvalue weighted by molar-refractivity contribution is -0.849. The number of hydrazine groups is 1. The topological polar surface area (TPSA) is 44.6 Å². The number of nitrogens with one attached hydrogen (secondary N) is 3. The van der Waals surface area contributed by atoms with Crippen LogP contribution < -0.4 is 20.2 Å². The lowest BCUT2D eigenvalue weighted by atomic mass is 9.83. The SMILES string of the molecule is CC1(C)C=C2NN(c3ccccc3)[P@@](=S)(Nc3nccs3)C2=C([NH+]2CCCC2)C1. The van der Waals surface area contributed by atoms with E-state index < -0.39 is 6.34 Å². The number of anilines is 2. The predicted octanol–water partition coefficient (Wildman–Crippen LogP) is 4.09. The fourth-order valence-electron chi connectivity index (χ4n) is 4.63. The summed E-state index contributed by atoms with van der Waals surface area (Å²) in [5.41, 5.74) is 7.60. The van der Waals surface area contributed by atoms with E-state index in [9.17, 15) is 0 Å². The number of allylic oxidation sites excluding steroid dienone is 3. The molecule has 3 heterocycles. The van der Waals surface area contributed by atoms with Gasteiger partial charge < -0.3 is 9.99 Å². The molecule has 2 aliphatic heterocycles. The van der Waals surface area contributed by atoms with E-state index in [1.807, 2.05) is 17.6 Å². The summed E-state index contributed by atoms with van der Waals surface area (Å²) >= 11 is 8.14. The van der Waals surface area contributed by atoms with Gasteiger partial charge in [-0.1, -0.05) is 38.1 Å². The van der Waals surface area contributed by atoms with E-state index in [2.05, 4.69) is 64.5 Å². The quantitative estimate of drug-likeness (QED) is 0.620. The molecule has 3 aliphatic rings. The molecule has 29 heavy (non-hydrogen) atoms. The maximum absolute atomic E-state index is 6.52. The summed E-state index contributed by atoms with van der Waals surface area (Å²) in [6.45, 7) is 7.08. The Labute approximate surface area is 181 Å². The number of thiazole rings is 1. The molecule has 0 amide bonds. The van der Waals surface area contributed by atoms with Crippen LogP contribution in [0.4, 0.5) is 10.8 Å². The average molecular weight is 445 g/mol. The first-order chi connectivity index (χ1) is 14.0. The fraction of sp³-hybridized carbons (Fsp3) is 0.381. The van der Waals surface area contributed by atoms with Gasteiger partial charge in [0, 0.05) is 30.8 Å². The van der Waals surface area contributed by atoms with E-state index in [0.717, 1.165) is 17.2 Å². The number of nitrogens with zero attached hydrogens (tertiary/aromatic N) is 2. The van der Waals surface area contributed by atoms with Crippen LogP contribution >= 0.6 is 17.7 Å². The molecule has 0 bridgehead atoms. The Hall–Kier alpha value is -1.66. The molecule has 1 aliphatic carbocycles. The molecule has 2 fully saturated rings. The van der Waals surface area contributed by atoms with Gasteiger partial charge in [-0.15, -0.1) is 11.3 Å². The van der Waals surface area contributed by atoms with Crippen molar-refractivity contribution in [1.82, 2.24) is 10.4 Å². The van der Waals surface area contributed by atoms with E-state index in [1.165, 1.54) is 42.6 Å².